The number of rotatable bonds is 2. The highest BCUT2D eigenvalue weighted by molar-refractivity contribution is 7.15. The second kappa shape index (κ2) is 3.65. The molecule has 1 aromatic rings. The van der Waals surface area contributed by atoms with Gasteiger partial charge in [-0.1, -0.05) is 11.3 Å². The van der Waals surface area contributed by atoms with E-state index in [9.17, 15) is 0 Å². The molecule has 4 rings (SSSR count). The Morgan fingerprint density at radius 2 is 1.76 bits per heavy atom. The molecule has 1 aliphatic carbocycles. The number of anilines is 1. The normalized spacial score (nSPS) is 33.4. The van der Waals surface area contributed by atoms with Crippen LogP contribution in [0.25, 0.3) is 0 Å². The Kier molecular flexibility index (Phi) is 2.21. The predicted octanol–water partition coefficient (Wildman–Crippen LogP) is 1.41. The SMILES string of the molecule is CN1CC2CN(c3nnc(C4CC4)s3)CC2C1. The lowest BCUT2D eigenvalue weighted by atomic mass is 10.0. The van der Waals surface area contributed by atoms with Crippen LogP contribution in [0.3, 0.4) is 0 Å². The van der Waals surface area contributed by atoms with Crippen molar-refractivity contribution < 1.29 is 0 Å². The van der Waals surface area contributed by atoms with Crippen molar-refractivity contribution in [3.05, 3.63) is 5.01 Å². The number of likely N-dealkylation sites (tertiary alicyclic amines) is 1. The Bertz CT molecular complexity index is 414. The number of hydrogen-bond donors (Lipinski definition) is 0. The van der Waals surface area contributed by atoms with Gasteiger partial charge in [-0.25, -0.2) is 0 Å². The lowest BCUT2D eigenvalue weighted by molar-refractivity contribution is 0.387. The smallest absolute Gasteiger partial charge is 0.208 e. The fourth-order valence-electron chi connectivity index (χ4n) is 3.23. The lowest BCUT2D eigenvalue weighted by Gasteiger charge is -2.17. The van der Waals surface area contributed by atoms with Gasteiger partial charge in [-0.3, -0.25) is 0 Å². The van der Waals surface area contributed by atoms with Crippen molar-refractivity contribution in [3.63, 3.8) is 0 Å². The van der Waals surface area contributed by atoms with Crippen molar-refractivity contribution in [3.8, 4) is 0 Å². The average molecular weight is 250 g/mol. The van der Waals surface area contributed by atoms with Gasteiger partial charge in [-0.05, 0) is 31.7 Å². The summed E-state index contributed by atoms with van der Waals surface area (Å²) in [6.07, 6.45) is 2.65. The van der Waals surface area contributed by atoms with Crippen LogP contribution in [-0.2, 0) is 0 Å². The molecular formula is C12H18N4S. The van der Waals surface area contributed by atoms with Gasteiger partial charge in [0.2, 0.25) is 5.13 Å². The van der Waals surface area contributed by atoms with Gasteiger partial charge in [0.15, 0.2) is 0 Å². The van der Waals surface area contributed by atoms with Gasteiger partial charge in [0.1, 0.15) is 5.01 Å². The molecule has 1 saturated carbocycles. The minimum Gasteiger partial charge on any atom is -0.346 e. The minimum absolute atomic E-state index is 0.745. The molecule has 2 atom stereocenters. The van der Waals surface area contributed by atoms with Crippen molar-refractivity contribution in [1.82, 2.24) is 15.1 Å². The number of fused-ring (bicyclic) bond motifs is 1. The van der Waals surface area contributed by atoms with Crippen molar-refractivity contribution in [2.24, 2.45) is 11.8 Å². The number of aromatic nitrogens is 2. The first-order valence-electron chi connectivity index (χ1n) is 6.56. The van der Waals surface area contributed by atoms with Gasteiger partial charge < -0.3 is 9.80 Å². The second-order valence-corrected chi connectivity index (χ2v) is 6.83. The van der Waals surface area contributed by atoms with Crippen molar-refractivity contribution in [2.45, 2.75) is 18.8 Å². The van der Waals surface area contributed by atoms with Crippen LogP contribution in [0.4, 0.5) is 5.13 Å². The zero-order valence-corrected chi connectivity index (χ0v) is 11.0. The van der Waals surface area contributed by atoms with E-state index in [1.807, 2.05) is 11.3 Å². The molecule has 3 aliphatic rings. The standard InChI is InChI=1S/C12H18N4S/c1-15-4-9-6-16(7-10(9)5-15)12-14-13-11(17-12)8-2-3-8/h8-10H,2-7H2,1H3. The third kappa shape index (κ3) is 1.76. The Morgan fingerprint density at radius 1 is 1.06 bits per heavy atom. The van der Waals surface area contributed by atoms with Gasteiger partial charge in [0.05, 0.1) is 0 Å². The van der Waals surface area contributed by atoms with Crippen LogP contribution in [0.15, 0.2) is 0 Å². The van der Waals surface area contributed by atoms with Crippen molar-refractivity contribution >= 4 is 16.5 Å². The fraction of sp³-hybridized carbons (Fsp3) is 0.833. The Balaban J connectivity index is 1.49. The van der Waals surface area contributed by atoms with E-state index < -0.39 is 0 Å². The molecule has 2 aliphatic heterocycles. The summed E-state index contributed by atoms with van der Waals surface area (Å²) in [6.45, 7) is 4.90. The van der Waals surface area contributed by atoms with Crippen molar-refractivity contribution in [2.75, 3.05) is 38.1 Å². The molecule has 0 amide bonds. The third-order valence-electron chi connectivity index (χ3n) is 4.30. The summed E-state index contributed by atoms with van der Waals surface area (Å²) in [5.74, 6) is 2.45. The van der Waals surface area contributed by atoms with E-state index in [0.29, 0.717) is 0 Å². The molecule has 5 heteroatoms. The van der Waals surface area contributed by atoms with Crippen molar-refractivity contribution in [1.29, 1.82) is 0 Å². The van der Waals surface area contributed by atoms with E-state index in [0.717, 1.165) is 17.8 Å². The molecule has 2 saturated heterocycles. The molecule has 2 unspecified atom stereocenters. The highest BCUT2D eigenvalue weighted by Crippen LogP contribution is 2.43. The second-order valence-electron chi connectivity index (χ2n) is 5.84. The van der Waals surface area contributed by atoms with Gasteiger partial charge >= 0.3 is 0 Å². The van der Waals surface area contributed by atoms with Gasteiger partial charge in [0, 0.05) is 32.1 Å². The minimum atomic E-state index is 0.745. The molecule has 0 spiro atoms. The molecular weight excluding hydrogens is 232 g/mol. The Labute approximate surface area is 106 Å². The first-order chi connectivity index (χ1) is 8.29. The largest absolute Gasteiger partial charge is 0.346 e. The summed E-state index contributed by atoms with van der Waals surface area (Å²) in [5.41, 5.74) is 0. The molecule has 17 heavy (non-hydrogen) atoms. The van der Waals surface area contributed by atoms with Crippen LogP contribution >= 0.6 is 11.3 Å². The monoisotopic (exact) mass is 250 g/mol. The summed E-state index contributed by atoms with van der Waals surface area (Å²) < 4.78 is 0. The van der Waals surface area contributed by atoms with Crippen LogP contribution in [0, 0.1) is 11.8 Å². The predicted molar refractivity (Wildman–Crippen MR) is 68.6 cm³/mol. The lowest BCUT2D eigenvalue weighted by Crippen LogP contribution is -2.26. The molecule has 0 radical (unpaired) electrons. The van der Waals surface area contributed by atoms with Crippen LogP contribution in [-0.4, -0.2) is 48.3 Å². The highest BCUT2D eigenvalue weighted by atomic mass is 32.1. The molecule has 92 valence electrons. The summed E-state index contributed by atoms with van der Waals surface area (Å²) in [5, 5.41) is 11.2. The third-order valence-corrected chi connectivity index (χ3v) is 5.44. The van der Waals surface area contributed by atoms with Crippen LogP contribution < -0.4 is 4.90 Å². The summed E-state index contributed by atoms with van der Waals surface area (Å²) in [6, 6.07) is 0. The van der Waals surface area contributed by atoms with Crippen LogP contribution in [0.1, 0.15) is 23.8 Å². The maximum absolute atomic E-state index is 4.39. The summed E-state index contributed by atoms with van der Waals surface area (Å²) in [7, 11) is 2.23. The molecule has 4 nitrogen and oxygen atoms in total. The maximum Gasteiger partial charge on any atom is 0.208 e. The van der Waals surface area contributed by atoms with Crippen LogP contribution in [0.2, 0.25) is 0 Å². The molecule has 3 fully saturated rings. The van der Waals surface area contributed by atoms with E-state index in [4.69, 9.17) is 0 Å². The number of nitrogens with zero attached hydrogens (tertiary/aromatic N) is 4. The summed E-state index contributed by atoms with van der Waals surface area (Å²) in [4.78, 5) is 4.92. The molecule has 0 N–H and O–H groups in total. The Morgan fingerprint density at radius 3 is 2.41 bits per heavy atom. The fourth-order valence-corrected chi connectivity index (χ4v) is 4.26. The molecule has 3 heterocycles. The quantitative estimate of drug-likeness (QED) is 0.794. The van der Waals surface area contributed by atoms with E-state index in [1.165, 1.54) is 49.2 Å². The summed E-state index contributed by atoms with van der Waals surface area (Å²) >= 11 is 1.83. The Hall–Kier alpha value is -0.680. The van der Waals surface area contributed by atoms with E-state index in [2.05, 4.69) is 27.0 Å². The maximum atomic E-state index is 4.39. The van der Waals surface area contributed by atoms with Gasteiger partial charge in [-0.2, -0.15) is 0 Å². The zero-order valence-electron chi connectivity index (χ0n) is 10.2. The highest BCUT2D eigenvalue weighted by Gasteiger charge is 2.40. The molecule has 1 aromatic heterocycles. The topological polar surface area (TPSA) is 32.3 Å². The first kappa shape index (κ1) is 10.3. The molecule has 0 aromatic carbocycles. The van der Waals surface area contributed by atoms with E-state index in [1.54, 1.807) is 0 Å². The van der Waals surface area contributed by atoms with Gasteiger partial charge in [0.25, 0.3) is 0 Å². The van der Waals surface area contributed by atoms with Crippen LogP contribution in [0.5, 0.6) is 0 Å². The first-order valence-corrected chi connectivity index (χ1v) is 7.38. The average Bonchev–Trinajstić information content (AvgIpc) is 2.75. The van der Waals surface area contributed by atoms with E-state index >= 15 is 0 Å². The van der Waals surface area contributed by atoms with Gasteiger partial charge in [-0.15, -0.1) is 10.2 Å². The van der Waals surface area contributed by atoms with E-state index in [-0.39, 0.29) is 0 Å². The number of hydrogen-bond acceptors (Lipinski definition) is 5. The molecule has 0 bridgehead atoms. The zero-order chi connectivity index (χ0) is 11.4.